The van der Waals surface area contributed by atoms with E-state index in [9.17, 15) is 24.0 Å². The lowest BCUT2D eigenvalue weighted by atomic mass is 9.85. The van der Waals surface area contributed by atoms with E-state index in [0.717, 1.165) is 11.1 Å². The number of hydrogen-bond donors (Lipinski definition) is 0. The summed E-state index contributed by atoms with van der Waals surface area (Å²) in [7, 11) is 1.35. The number of para-hydroxylation sites is 1. The van der Waals surface area contributed by atoms with Crippen molar-refractivity contribution in [2.75, 3.05) is 7.11 Å². The average Bonchev–Trinajstić information content (AvgIpc) is 3.72. The molecule has 1 aliphatic heterocycles. The maximum atomic E-state index is 14.0. The molecular formula is C45H46Cl2O11. The number of rotatable bonds is 16. The van der Waals surface area contributed by atoms with Crippen LogP contribution in [0.15, 0.2) is 78.9 Å². The minimum absolute atomic E-state index is 0.220. The van der Waals surface area contributed by atoms with E-state index in [2.05, 4.69) is 11.8 Å². The number of fused-ring (bicyclic) bond motifs is 3. The number of aryl methyl sites for hydroxylation is 1. The lowest BCUT2D eigenvalue weighted by Gasteiger charge is -2.26. The van der Waals surface area contributed by atoms with Crippen molar-refractivity contribution in [3.05, 3.63) is 111 Å². The first-order valence-corrected chi connectivity index (χ1v) is 19.8. The van der Waals surface area contributed by atoms with Crippen LogP contribution in [0.1, 0.15) is 93.8 Å². The Labute approximate surface area is 348 Å². The highest BCUT2D eigenvalue weighted by Gasteiger charge is 2.52. The van der Waals surface area contributed by atoms with Gasteiger partial charge in [-0.1, -0.05) is 90.8 Å². The lowest BCUT2D eigenvalue weighted by molar-refractivity contribution is -0.172. The van der Waals surface area contributed by atoms with Gasteiger partial charge in [0.1, 0.15) is 24.1 Å². The molecule has 58 heavy (non-hydrogen) atoms. The molecule has 1 saturated carbocycles. The predicted octanol–water partition coefficient (Wildman–Crippen LogP) is 8.39. The summed E-state index contributed by atoms with van der Waals surface area (Å²) in [5.74, 6) is 2.11. The summed E-state index contributed by atoms with van der Waals surface area (Å²) in [6.07, 6.45) is 0.646. The number of halogens is 2. The second-order valence-corrected chi connectivity index (χ2v) is 15.0. The van der Waals surface area contributed by atoms with Crippen LogP contribution in [0.25, 0.3) is 0 Å². The van der Waals surface area contributed by atoms with E-state index in [-0.39, 0.29) is 51.8 Å². The van der Waals surface area contributed by atoms with Crippen LogP contribution in [0.5, 0.6) is 5.75 Å². The van der Waals surface area contributed by atoms with Crippen molar-refractivity contribution >= 4 is 53.0 Å². The number of benzene rings is 3. The van der Waals surface area contributed by atoms with E-state index in [1.54, 1.807) is 61.5 Å². The molecule has 11 nitrogen and oxygen atoms in total. The Balaban J connectivity index is 1.52. The van der Waals surface area contributed by atoms with Crippen molar-refractivity contribution in [1.29, 1.82) is 0 Å². The van der Waals surface area contributed by atoms with Crippen molar-refractivity contribution in [1.82, 2.24) is 0 Å². The normalized spacial score (nSPS) is 19.8. The minimum Gasteiger partial charge on any atom is -0.489 e. The summed E-state index contributed by atoms with van der Waals surface area (Å²) in [5.41, 5.74) is 2.35. The molecule has 0 N–H and O–H groups in total. The Bertz CT molecular complexity index is 2090. The van der Waals surface area contributed by atoms with E-state index >= 15 is 0 Å². The third-order valence-electron chi connectivity index (χ3n) is 10.1. The smallest absolute Gasteiger partial charge is 0.352 e. The first-order chi connectivity index (χ1) is 27.8. The maximum Gasteiger partial charge on any atom is 0.352 e. The van der Waals surface area contributed by atoms with E-state index in [4.69, 9.17) is 51.6 Å². The predicted molar refractivity (Wildman–Crippen MR) is 215 cm³/mol. The number of esters is 5. The van der Waals surface area contributed by atoms with Crippen molar-refractivity contribution in [2.45, 2.75) is 96.2 Å². The highest BCUT2D eigenvalue weighted by Crippen LogP contribution is 2.53. The molecule has 3 aromatic carbocycles. The maximum absolute atomic E-state index is 14.0. The Morgan fingerprint density at radius 3 is 2.07 bits per heavy atom. The first kappa shape index (κ1) is 43.8. The number of carbonyl (C=O) groups is 5. The average molecular weight is 834 g/mol. The van der Waals surface area contributed by atoms with E-state index in [0.29, 0.717) is 25.0 Å². The van der Waals surface area contributed by atoms with Gasteiger partial charge in [0.15, 0.2) is 0 Å². The summed E-state index contributed by atoms with van der Waals surface area (Å²) in [5, 5.41) is 0.442. The molecule has 1 fully saturated rings. The van der Waals surface area contributed by atoms with E-state index in [1.807, 2.05) is 31.2 Å². The van der Waals surface area contributed by atoms with Gasteiger partial charge >= 0.3 is 29.8 Å². The molecule has 306 valence electrons. The Hall–Kier alpha value is -5.31. The molecule has 0 bridgehead atoms. The summed E-state index contributed by atoms with van der Waals surface area (Å²) in [6, 6.07) is 18.9. The van der Waals surface area contributed by atoms with Crippen LogP contribution in [0.4, 0.5) is 0 Å². The number of methoxy groups -OCH3 is 1. The molecule has 3 aromatic rings. The Morgan fingerprint density at radius 1 is 0.862 bits per heavy atom. The SMILES string of the molecule is CC#CCC(C)C(/C=C/[C@@H]1[C@H]2c3cccc(CCCC(=O)OC)c3O[C@H]2C[C@H]1OC(=O)C(OC(C)=O)c1ccccc1Cl)OC(=O)C(OC(C)=O)c1ccccc1Cl. The molecule has 5 rings (SSSR count). The van der Waals surface area contributed by atoms with Crippen LogP contribution in [-0.4, -0.2) is 55.3 Å². The van der Waals surface area contributed by atoms with E-state index in [1.165, 1.54) is 21.0 Å². The third-order valence-corrected chi connectivity index (χ3v) is 10.8. The van der Waals surface area contributed by atoms with Gasteiger partial charge in [-0.3, -0.25) is 14.4 Å². The monoisotopic (exact) mass is 832 g/mol. The molecule has 8 atom stereocenters. The zero-order chi connectivity index (χ0) is 41.9. The zero-order valence-corrected chi connectivity index (χ0v) is 34.4. The fourth-order valence-corrected chi connectivity index (χ4v) is 7.82. The summed E-state index contributed by atoms with van der Waals surface area (Å²) >= 11 is 12.9. The van der Waals surface area contributed by atoms with Crippen LogP contribution < -0.4 is 4.74 Å². The van der Waals surface area contributed by atoms with Gasteiger partial charge in [-0.05, 0) is 43.5 Å². The molecule has 4 unspecified atom stereocenters. The highest BCUT2D eigenvalue weighted by atomic mass is 35.5. The van der Waals surface area contributed by atoms with Gasteiger partial charge in [0.05, 0.1) is 7.11 Å². The first-order valence-electron chi connectivity index (χ1n) is 19.0. The molecule has 0 amide bonds. The number of carbonyl (C=O) groups excluding carboxylic acids is 5. The lowest BCUT2D eigenvalue weighted by Crippen LogP contribution is -2.30. The van der Waals surface area contributed by atoms with Gasteiger partial charge < -0.3 is 28.4 Å². The number of hydrogen-bond acceptors (Lipinski definition) is 11. The van der Waals surface area contributed by atoms with Gasteiger partial charge in [0.2, 0.25) is 12.2 Å². The van der Waals surface area contributed by atoms with Crippen molar-refractivity contribution in [3.8, 4) is 17.6 Å². The Kier molecular flexibility index (Phi) is 15.4. The molecule has 1 aliphatic carbocycles. The molecule has 0 saturated heterocycles. The highest BCUT2D eigenvalue weighted by molar-refractivity contribution is 6.32. The van der Waals surface area contributed by atoms with Crippen LogP contribution in [0.2, 0.25) is 10.0 Å². The van der Waals surface area contributed by atoms with Crippen LogP contribution >= 0.6 is 23.2 Å². The topological polar surface area (TPSA) is 141 Å². The van der Waals surface area contributed by atoms with Crippen molar-refractivity contribution in [2.24, 2.45) is 11.8 Å². The molecular weight excluding hydrogens is 787 g/mol. The van der Waals surface area contributed by atoms with Crippen molar-refractivity contribution in [3.63, 3.8) is 0 Å². The summed E-state index contributed by atoms with van der Waals surface area (Å²) < 4.78 is 34.6. The standard InChI is InChI=1S/C45H46Cl2O11/c1-6-7-14-26(2)36(57-44(51)42(54-27(3)48)30-17-8-10-20-34(30)46)24-23-32-37(58-45(52)43(55-28(4)49)31-18-9-11-21-35(31)47)25-38-40(32)33-19-12-15-29(41(33)56-38)16-13-22-39(50)53-5/h8-12,15,17-21,23-24,26,32,36-38,40,42-43H,13-14,16,22,25H2,1-5H3/b24-23+/t26?,32-,36?,37+,38-,40-,42?,43?/m0/s1. The quantitative estimate of drug-likeness (QED) is 0.0595. The molecule has 0 radical (unpaired) electrons. The molecule has 13 heteroatoms. The fourth-order valence-electron chi connectivity index (χ4n) is 7.35. The van der Waals surface area contributed by atoms with Gasteiger partial charge in [-0.25, -0.2) is 9.59 Å². The molecule has 2 aliphatic rings. The van der Waals surface area contributed by atoms with Gasteiger partial charge in [-0.2, -0.15) is 0 Å². The molecule has 0 spiro atoms. The van der Waals surface area contributed by atoms with Crippen molar-refractivity contribution < 1.29 is 52.4 Å². The largest absolute Gasteiger partial charge is 0.489 e. The molecule has 1 heterocycles. The van der Waals surface area contributed by atoms with Gasteiger partial charge in [-0.15, -0.1) is 11.8 Å². The van der Waals surface area contributed by atoms with E-state index < -0.39 is 60.3 Å². The summed E-state index contributed by atoms with van der Waals surface area (Å²) in [4.78, 5) is 64.1. The second kappa shape index (κ2) is 20.4. The van der Waals surface area contributed by atoms with Crippen LogP contribution in [0, 0.1) is 23.7 Å². The molecule has 0 aromatic heterocycles. The zero-order valence-electron chi connectivity index (χ0n) is 32.9. The van der Waals surface area contributed by atoms with Crippen LogP contribution in [0.3, 0.4) is 0 Å². The Morgan fingerprint density at radius 2 is 1.48 bits per heavy atom. The minimum atomic E-state index is -1.44. The van der Waals surface area contributed by atoms with Gasteiger partial charge in [0.25, 0.3) is 0 Å². The van der Waals surface area contributed by atoms with Crippen LogP contribution in [-0.2, 0) is 54.1 Å². The fraction of sp³-hybridized carbons (Fsp3) is 0.400. The second-order valence-electron chi connectivity index (χ2n) is 14.2. The summed E-state index contributed by atoms with van der Waals surface area (Å²) in [6.45, 7) is 5.97. The number of ether oxygens (including phenoxy) is 6. The third kappa shape index (κ3) is 10.8. The van der Waals surface area contributed by atoms with Gasteiger partial charge in [0, 0.05) is 77.6 Å².